The lowest BCUT2D eigenvalue weighted by molar-refractivity contribution is -0.327. The van der Waals surface area contributed by atoms with E-state index in [1.54, 1.807) is 19.9 Å². The van der Waals surface area contributed by atoms with Crippen LogP contribution in [0.3, 0.4) is 0 Å². The van der Waals surface area contributed by atoms with Gasteiger partial charge >= 0.3 is 23.9 Å². The SMILES string of the molecule is CC=C1C(OC2OC(CO)C(O)C(O)C2O)OC=C(C(=O)OC)C1CC(=O)OCC(C)C1CC2OC(=O)C3=COC(OC4OC(CO)C(O)C(O)C4O)C(=CC)C3CC(=O)OCC1C2C. The maximum absolute atomic E-state index is 13.9. The number of carbonyl (C=O) groups excluding carboxylic acids is 4. The number of methoxy groups -OCH3 is 1. The number of rotatable bonds is 12. The van der Waals surface area contributed by atoms with Crippen LogP contribution in [0.15, 0.2) is 47.0 Å². The van der Waals surface area contributed by atoms with Crippen molar-refractivity contribution in [3.05, 3.63) is 47.0 Å². The van der Waals surface area contributed by atoms with Crippen LogP contribution in [0, 0.1) is 35.5 Å². The van der Waals surface area contributed by atoms with Gasteiger partial charge in [-0.15, -0.1) is 0 Å². The van der Waals surface area contributed by atoms with Crippen LogP contribution in [0.25, 0.3) is 0 Å². The third kappa shape index (κ3) is 10.6. The lowest BCUT2D eigenvalue weighted by atomic mass is 9.83. The Labute approximate surface area is 373 Å². The second-order valence-corrected chi connectivity index (χ2v) is 17.0. The van der Waals surface area contributed by atoms with E-state index in [9.17, 15) is 60.0 Å². The van der Waals surface area contributed by atoms with Gasteiger partial charge in [0.2, 0.25) is 12.6 Å². The molecule has 0 aromatic heterocycles. The Morgan fingerprint density at radius 2 is 1.40 bits per heavy atom. The van der Waals surface area contributed by atoms with Gasteiger partial charge in [0.25, 0.3) is 0 Å². The first-order valence-corrected chi connectivity index (χ1v) is 21.5. The molecular weight excluding hydrogens is 868 g/mol. The van der Waals surface area contributed by atoms with Gasteiger partial charge in [0.15, 0.2) is 12.6 Å². The van der Waals surface area contributed by atoms with Crippen LogP contribution in [0.5, 0.6) is 0 Å². The van der Waals surface area contributed by atoms with Crippen LogP contribution in [-0.2, 0) is 66.5 Å². The summed E-state index contributed by atoms with van der Waals surface area (Å²) in [6.45, 7) is 5.37. The molecule has 6 aliphatic rings. The molecule has 22 nitrogen and oxygen atoms in total. The number of hydrogen-bond acceptors (Lipinski definition) is 22. The quantitative estimate of drug-likeness (QED) is 0.0602. The van der Waals surface area contributed by atoms with Crippen molar-refractivity contribution in [1.82, 2.24) is 0 Å². The predicted octanol–water partition coefficient (Wildman–Crippen LogP) is -1.90. The van der Waals surface area contributed by atoms with Crippen molar-refractivity contribution < 1.29 is 107 Å². The summed E-state index contributed by atoms with van der Waals surface area (Å²) in [6.07, 6.45) is -14.4. The molecule has 19 atom stereocenters. The Hall–Kier alpha value is -4.04. The van der Waals surface area contributed by atoms with Crippen molar-refractivity contribution in [1.29, 1.82) is 0 Å². The molecule has 0 amide bonds. The molecule has 364 valence electrons. The lowest BCUT2D eigenvalue weighted by Crippen LogP contribution is -2.60. The summed E-state index contributed by atoms with van der Waals surface area (Å²) in [4.78, 5) is 53.9. The van der Waals surface area contributed by atoms with Crippen LogP contribution in [0.2, 0.25) is 0 Å². The minimum absolute atomic E-state index is 0.00501. The van der Waals surface area contributed by atoms with E-state index < -0.39 is 135 Å². The predicted molar refractivity (Wildman–Crippen MR) is 213 cm³/mol. The van der Waals surface area contributed by atoms with E-state index in [1.807, 2.05) is 13.8 Å². The van der Waals surface area contributed by atoms with Crippen LogP contribution in [0.1, 0.15) is 47.0 Å². The van der Waals surface area contributed by atoms with Crippen molar-refractivity contribution in [3.63, 3.8) is 0 Å². The van der Waals surface area contributed by atoms with Gasteiger partial charge in [0.05, 0.1) is 70.0 Å². The molecule has 1 saturated carbocycles. The van der Waals surface area contributed by atoms with E-state index in [2.05, 4.69) is 0 Å². The molecule has 1 aliphatic carbocycles. The van der Waals surface area contributed by atoms with Crippen LogP contribution >= 0.6 is 0 Å². The molecule has 65 heavy (non-hydrogen) atoms. The number of aliphatic hydroxyl groups is 8. The summed E-state index contributed by atoms with van der Waals surface area (Å²) in [5.74, 6) is -6.18. The van der Waals surface area contributed by atoms with E-state index in [1.165, 1.54) is 6.08 Å². The highest BCUT2D eigenvalue weighted by Crippen LogP contribution is 2.46. The van der Waals surface area contributed by atoms with Gasteiger partial charge in [-0.25, -0.2) is 9.59 Å². The number of esters is 4. The minimum atomic E-state index is -1.76. The molecule has 3 saturated heterocycles. The van der Waals surface area contributed by atoms with E-state index in [0.717, 1.165) is 19.6 Å². The molecule has 6 rings (SSSR count). The zero-order valence-corrected chi connectivity index (χ0v) is 36.5. The molecule has 5 heterocycles. The molecule has 0 spiro atoms. The Balaban J connectivity index is 1.11. The van der Waals surface area contributed by atoms with E-state index in [0.29, 0.717) is 6.42 Å². The summed E-state index contributed by atoms with van der Waals surface area (Å²) in [6, 6.07) is 0. The fraction of sp³-hybridized carbons (Fsp3) is 0.721. The molecular formula is C43H60O22. The van der Waals surface area contributed by atoms with Crippen molar-refractivity contribution in [3.8, 4) is 0 Å². The summed E-state index contributed by atoms with van der Waals surface area (Å²) >= 11 is 0. The van der Waals surface area contributed by atoms with E-state index in [-0.39, 0.29) is 65.6 Å². The van der Waals surface area contributed by atoms with E-state index >= 15 is 0 Å². The first-order chi connectivity index (χ1) is 31.0. The molecule has 22 heteroatoms. The number of allylic oxidation sites excluding steroid dienone is 2. The lowest BCUT2D eigenvalue weighted by Gasteiger charge is -2.42. The Kier molecular flexibility index (Phi) is 16.8. The van der Waals surface area contributed by atoms with Crippen molar-refractivity contribution in [2.75, 3.05) is 33.5 Å². The van der Waals surface area contributed by atoms with Crippen LogP contribution in [0.4, 0.5) is 0 Å². The largest absolute Gasteiger partial charge is 0.468 e. The van der Waals surface area contributed by atoms with Gasteiger partial charge in [-0.1, -0.05) is 26.0 Å². The van der Waals surface area contributed by atoms with Crippen molar-refractivity contribution >= 4 is 23.9 Å². The van der Waals surface area contributed by atoms with Gasteiger partial charge in [0.1, 0.15) is 54.9 Å². The summed E-state index contributed by atoms with van der Waals surface area (Å²) in [7, 11) is 1.15. The molecule has 5 aliphatic heterocycles. The molecule has 0 radical (unpaired) electrons. The normalized spacial score (nSPS) is 41.6. The first kappa shape index (κ1) is 50.4. The third-order valence-corrected chi connectivity index (χ3v) is 13.3. The molecule has 4 fully saturated rings. The number of ether oxygens (including phenoxy) is 10. The maximum Gasteiger partial charge on any atom is 0.338 e. The standard InChI is InChI=1S/C43H60O22/c1-6-19-22(25(38(54)56-5)15-59-40(19)64-42-36(52)34(50)32(48)28(11-44)62-42)9-30(46)57-13-17(3)21-8-27-18(4)24(21)14-58-31(47)10-23-20(7-2)41(60-16-26(23)39(55)61-27)65-43-37(53)35(51)33(49)29(12-45)63-43/h6-7,15-18,21-24,27-29,32-37,40-45,48-53H,8-14H2,1-5H3. The molecule has 0 aromatic rings. The molecule has 19 unspecified atom stereocenters. The highest BCUT2D eigenvalue weighted by atomic mass is 16.8. The second-order valence-electron chi connectivity index (χ2n) is 17.0. The maximum atomic E-state index is 13.9. The number of hydrogen-bond donors (Lipinski definition) is 8. The number of cyclic esters (lactones) is 1. The van der Waals surface area contributed by atoms with Crippen LogP contribution < -0.4 is 0 Å². The van der Waals surface area contributed by atoms with Crippen LogP contribution in [-0.4, -0.2) is 178 Å². The minimum Gasteiger partial charge on any atom is -0.468 e. The first-order valence-electron chi connectivity index (χ1n) is 21.5. The number of aliphatic hydroxyl groups excluding tert-OH is 8. The average Bonchev–Trinajstić information content (AvgIpc) is 3.60. The second kappa shape index (κ2) is 21.7. The van der Waals surface area contributed by atoms with Gasteiger partial charge < -0.3 is 88.2 Å². The Morgan fingerprint density at radius 3 is 1.95 bits per heavy atom. The molecule has 0 aromatic carbocycles. The zero-order valence-electron chi connectivity index (χ0n) is 36.5. The Bertz CT molecular complexity index is 1840. The number of fused-ring (bicyclic) bond motifs is 3. The van der Waals surface area contributed by atoms with Gasteiger partial charge in [-0.3, -0.25) is 9.59 Å². The highest BCUT2D eigenvalue weighted by Gasteiger charge is 2.51. The summed E-state index contributed by atoms with van der Waals surface area (Å²) < 4.78 is 56.6. The average molecular weight is 929 g/mol. The van der Waals surface area contributed by atoms with Gasteiger partial charge in [0, 0.05) is 28.9 Å². The summed E-state index contributed by atoms with van der Waals surface area (Å²) in [5, 5.41) is 81.3. The fourth-order valence-electron chi connectivity index (χ4n) is 9.33. The smallest absolute Gasteiger partial charge is 0.338 e. The van der Waals surface area contributed by atoms with E-state index in [4.69, 9.17) is 47.4 Å². The third-order valence-electron chi connectivity index (χ3n) is 13.3. The Morgan fingerprint density at radius 1 is 0.831 bits per heavy atom. The summed E-state index contributed by atoms with van der Waals surface area (Å²) in [5.41, 5.74) is 0.476. The topological polar surface area (TPSA) is 322 Å². The number of carbonyl (C=O) groups is 4. The van der Waals surface area contributed by atoms with Crippen molar-refractivity contribution in [2.24, 2.45) is 35.5 Å². The zero-order chi connectivity index (χ0) is 47.4. The van der Waals surface area contributed by atoms with Gasteiger partial charge in [-0.05, 0) is 38.0 Å². The fourth-order valence-corrected chi connectivity index (χ4v) is 9.33. The molecule has 8 N–H and O–H groups in total. The molecule has 2 bridgehead atoms. The van der Waals surface area contributed by atoms with Gasteiger partial charge in [-0.2, -0.15) is 0 Å². The highest BCUT2D eigenvalue weighted by molar-refractivity contribution is 5.91. The monoisotopic (exact) mass is 928 g/mol. The van der Waals surface area contributed by atoms with Crippen molar-refractivity contribution in [2.45, 2.75) is 127 Å².